The lowest BCUT2D eigenvalue weighted by molar-refractivity contribution is -0.114. The minimum atomic E-state index is -0.115. The Bertz CT molecular complexity index is 645. The smallest absolute Gasteiger partial charge is 0.243 e. The van der Waals surface area contributed by atoms with Gasteiger partial charge in [0.05, 0.1) is 18.2 Å². The number of nitriles is 1. The molecule has 0 saturated carbocycles. The maximum Gasteiger partial charge on any atom is 0.243 e. The van der Waals surface area contributed by atoms with Gasteiger partial charge in [0.2, 0.25) is 5.91 Å². The summed E-state index contributed by atoms with van der Waals surface area (Å²) in [6.45, 7) is 0.177. The first-order valence-electron chi connectivity index (χ1n) is 6.39. The highest BCUT2D eigenvalue weighted by Crippen LogP contribution is 2.17. The van der Waals surface area contributed by atoms with Gasteiger partial charge >= 0.3 is 0 Å². The third-order valence-corrected chi connectivity index (χ3v) is 3.58. The number of anilines is 2. The molecule has 0 heterocycles. The summed E-state index contributed by atoms with van der Waals surface area (Å²) in [5.41, 5.74) is 2.18. The Morgan fingerprint density at radius 3 is 2.29 bits per heavy atom. The molecule has 4 nitrogen and oxygen atoms in total. The van der Waals surface area contributed by atoms with E-state index in [9.17, 15) is 4.79 Å². The number of nitrogens with zero attached hydrogens (tertiary/aromatic N) is 1. The molecule has 0 spiro atoms. The second-order valence-electron chi connectivity index (χ2n) is 4.32. The molecule has 0 atom stereocenters. The van der Waals surface area contributed by atoms with E-state index >= 15 is 0 Å². The number of benzene rings is 2. The van der Waals surface area contributed by atoms with Crippen molar-refractivity contribution in [3.63, 3.8) is 0 Å². The molecule has 21 heavy (non-hydrogen) atoms. The molecule has 2 aromatic rings. The second-order valence-corrected chi connectivity index (χ2v) is 5.20. The Balaban J connectivity index is 1.84. The molecular weight excluding hydrogens is 282 g/mol. The van der Waals surface area contributed by atoms with Gasteiger partial charge in [-0.15, -0.1) is 11.8 Å². The molecule has 2 rings (SSSR count). The zero-order valence-corrected chi connectivity index (χ0v) is 12.4. The molecule has 0 aromatic heterocycles. The molecule has 0 aliphatic carbocycles. The standard InChI is InChI=1S/C16H15N3OS/c1-21-15-8-6-14(7-9-15)19-16(20)11-18-13-4-2-12(10-17)3-5-13/h2-9,18H,11H2,1H3,(H,19,20). The largest absolute Gasteiger partial charge is 0.376 e. The van der Waals surface area contributed by atoms with Gasteiger partial charge in [-0.3, -0.25) is 4.79 Å². The van der Waals surface area contributed by atoms with Crippen molar-refractivity contribution in [1.29, 1.82) is 5.26 Å². The van der Waals surface area contributed by atoms with Gasteiger partial charge in [-0.1, -0.05) is 0 Å². The summed E-state index contributed by atoms with van der Waals surface area (Å²) < 4.78 is 0. The first-order chi connectivity index (χ1) is 10.2. The lowest BCUT2D eigenvalue weighted by Gasteiger charge is -2.08. The van der Waals surface area contributed by atoms with E-state index in [0.717, 1.165) is 16.3 Å². The first kappa shape index (κ1) is 14.9. The van der Waals surface area contributed by atoms with E-state index in [4.69, 9.17) is 5.26 Å². The Morgan fingerprint density at radius 2 is 1.71 bits per heavy atom. The molecule has 0 saturated heterocycles. The summed E-state index contributed by atoms with van der Waals surface area (Å²) in [6, 6.07) is 16.7. The van der Waals surface area contributed by atoms with E-state index in [2.05, 4.69) is 16.7 Å². The Labute approximate surface area is 128 Å². The van der Waals surface area contributed by atoms with Crippen LogP contribution in [0.15, 0.2) is 53.4 Å². The van der Waals surface area contributed by atoms with Crippen molar-refractivity contribution in [3.05, 3.63) is 54.1 Å². The Morgan fingerprint density at radius 1 is 1.10 bits per heavy atom. The molecule has 5 heteroatoms. The number of rotatable bonds is 5. The molecule has 1 amide bonds. The second kappa shape index (κ2) is 7.36. The summed E-state index contributed by atoms with van der Waals surface area (Å²) in [7, 11) is 0. The van der Waals surface area contributed by atoms with Crippen molar-refractivity contribution >= 4 is 29.0 Å². The van der Waals surface area contributed by atoms with E-state index < -0.39 is 0 Å². The summed E-state index contributed by atoms with van der Waals surface area (Å²) in [6.07, 6.45) is 2.01. The number of nitrogens with one attached hydrogen (secondary N) is 2. The Kier molecular flexibility index (Phi) is 5.24. The van der Waals surface area contributed by atoms with Gasteiger partial charge in [-0.2, -0.15) is 5.26 Å². The number of carbonyl (C=O) groups is 1. The van der Waals surface area contributed by atoms with Crippen molar-refractivity contribution in [2.75, 3.05) is 23.4 Å². The fourth-order valence-corrected chi connectivity index (χ4v) is 2.13. The fourth-order valence-electron chi connectivity index (χ4n) is 1.72. The first-order valence-corrected chi connectivity index (χ1v) is 7.61. The molecule has 0 radical (unpaired) electrons. The third-order valence-electron chi connectivity index (χ3n) is 2.84. The third kappa shape index (κ3) is 4.55. The summed E-state index contributed by atoms with van der Waals surface area (Å²) in [5.74, 6) is -0.115. The summed E-state index contributed by atoms with van der Waals surface area (Å²) in [4.78, 5) is 13.0. The van der Waals surface area contributed by atoms with Gasteiger partial charge in [-0.05, 0) is 54.8 Å². The van der Waals surface area contributed by atoms with Gasteiger partial charge in [0, 0.05) is 16.3 Å². The molecule has 0 bridgehead atoms. The summed E-state index contributed by atoms with van der Waals surface area (Å²) >= 11 is 1.66. The predicted octanol–water partition coefficient (Wildman–Crippen LogP) is 3.33. The van der Waals surface area contributed by atoms with Crippen LogP contribution in [0.25, 0.3) is 0 Å². The molecule has 2 N–H and O–H groups in total. The Hall–Kier alpha value is -2.45. The van der Waals surface area contributed by atoms with Crippen LogP contribution in [0.1, 0.15) is 5.56 Å². The van der Waals surface area contributed by atoms with Gasteiger partial charge in [0.25, 0.3) is 0 Å². The number of carbonyl (C=O) groups excluding carboxylic acids is 1. The van der Waals surface area contributed by atoms with E-state index in [-0.39, 0.29) is 12.5 Å². The van der Waals surface area contributed by atoms with E-state index in [0.29, 0.717) is 5.56 Å². The van der Waals surface area contributed by atoms with Crippen LogP contribution >= 0.6 is 11.8 Å². The minimum absolute atomic E-state index is 0.115. The van der Waals surface area contributed by atoms with E-state index in [1.54, 1.807) is 36.0 Å². The number of amides is 1. The normalized spacial score (nSPS) is 9.71. The fraction of sp³-hybridized carbons (Fsp3) is 0.125. The average molecular weight is 297 g/mol. The van der Waals surface area contributed by atoms with Gasteiger partial charge in [0.15, 0.2) is 0 Å². The van der Waals surface area contributed by atoms with Crippen LogP contribution in [-0.2, 0) is 4.79 Å². The number of hydrogen-bond donors (Lipinski definition) is 2. The maximum atomic E-state index is 11.8. The van der Waals surface area contributed by atoms with Crippen molar-refractivity contribution in [2.24, 2.45) is 0 Å². The van der Waals surface area contributed by atoms with E-state index in [1.807, 2.05) is 30.5 Å². The summed E-state index contributed by atoms with van der Waals surface area (Å²) in [5, 5.41) is 14.5. The zero-order valence-electron chi connectivity index (χ0n) is 11.6. The number of hydrogen-bond acceptors (Lipinski definition) is 4. The monoisotopic (exact) mass is 297 g/mol. The van der Waals surface area contributed by atoms with Crippen molar-refractivity contribution < 1.29 is 4.79 Å². The average Bonchev–Trinajstić information content (AvgIpc) is 2.54. The predicted molar refractivity (Wildman–Crippen MR) is 86.5 cm³/mol. The van der Waals surface area contributed by atoms with Crippen molar-refractivity contribution in [2.45, 2.75) is 4.90 Å². The quantitative estimate of drug-likeness (QED) is 0.831. The van der Waals surface area contributed by atoms with E-state index in [1.165, 1.54) is 0 Å². The molecule has 0 aliphatic heterocycles. The highest BCUT2D eigenvalue weighted by atomic mass is 32.2. The van der Waals surface area contributed by atoms with Crippen LogP contribution in [-0.4, -0.2) is 18.7 Å². The number of thioether (sulfide) groups is 1. The molecule has 0 fully saturated rings. The SMILES string of the molecule is CSc1ccc(NC(=O)CNc2ccc(C#N)cc2)cc1. The zero-order chi connectivity index (χ0) is 15.1. The lowest BCUT2D eigenvalue weighted by Crippen LogP contribution is -2.21. The minimum Gasteiger partial charge on any atom is -0.376 e. The van der Waals surface area contributed by atoms with Gasteiger partial charge in [-0.25, -0.2) is 0 Å². The molecule has 2 aromatic carbocycles. The van der Waals surface area contributed by atoms with Gasteiger partial charge < -0.3 is 10.6 Å². The highest BCUT2D eigenvalue weighted by Gasteiger charge is 2.02. The maximum absolute atomic E-state index is 11.8. The van der Waals surface area contributed by atoms with Crippen LogP contribution in [0.3, 0.4) is 0 Å². The molecule has 0 aliphatic rings. The van der Waals surface area contributed by atoms with Crippen molar-refractivity contribution in [3.8, 4) is 6.07 Å². The molecule has 0 unspecified atom stereocenters. The van der Waals surface area contributed by atoms with Crippen LogP contribution in [0, 0.1) is 11.3 Å². The van der Waals surface area contributed by atoms with Crippen LogP contribution in [0.4, 0.5) is 11.4 Å². The molecular formula is C16H15N3OS. The lowest BCUT2D eigenvalue weighted by atomic mass is 10.2. The molecule has 106 valence electrons. The topological polar surface area (TPSA) is 64.9 Å². The van der Waals surface area contributed by atoms with Crippen LogP contribution in [0.2, 0.25) is 0 Å². The van der Waals surface area contributed by atoms with Crippen LogP contribution in [0.5, 0.6) is 0 Å². The highest BCUT2D eigenvalue weighted by molar-refractivity contribution is 7.98. The van der Waals surface area contributed by atoms with Gasteiger partial charge in [0.1, 0.15) is 0 Å². The van der Waals surface area contributed by atoms with Crippen molar-refractivity contribution in [1.82, 2.24) is 0 Å². The van der Waals surface area contributed by atoms with Crippen LogP contribution < -0.4 is 10.6 Å².